The second-order valence-corrected chi connectivity index (χ2v) is 8.88. The van der Waals surface area contributed by atoms with Crippen LogP contribution < -0.4 is 15.4 Å². The van der Waals surface area contributed by atoms with Gasteiger partial charge in [0, 0.05) is 41.1 Å². The van der Waals surface area contributed by atoms with E-state index in [2.05, 4.69) is 20.3 Å². The van der Waals surface area contributed by atoms with Crippen LogP contribution in [0.4, 0.5) is 17.1 Å². The number of para-hydroxylation sites is 1. The number of carbonyl (C=O) groups excluding carboxylic acids is 2. The van der Waals surface area contributed by atoms with E-state index in [1.165, 1.54) is 37.3 Å². The maximum atomic E-state index is 12.9. The average molecular weight is 461 g/mol. The molecular weight excluding hydrogens is 440 g/mol. The Morgan fingerprint density at radius 1 is 0.758 bits per heavy atom. The fourth-order valence-electron chi connectivity index (χ4n) is 3.24. The van der Waals surface area contributed by atoms with Gasteiger partial charge in [0.1, 0.15) is 4.90 Å². The molecule has 0 aliphatic rings. The van der Waals surface area contributed by atoms with E-state index in [0.717, 1.165) is 5.39 Å². The Bertz CT molecular complexity index is 1430. The highest BCUT2D eigenvalue weighted by Crippen LogP contribution is 2.23. The number of aromatic nitrogens is 1. The quantitative estimate of drug-likeness (QED) is 0.398. The Hall–Kier alpha value is -4.24. The molecule has 33 heavy (non-hydrogen) atoms. The highest BCUT2D eigenvalue weighted by atomic mass is 32.2. The molecule has 1 aromatic heterocycles. The van der Waals surface area contributed by atoms with Gasteiger partial charge in [-0.15, -0.1) is 0 Å². The van der Waals surface area contributed by atoms with Gasteiger partial charge in [0.25, 0.3) is 15.9 Å². The first-order valence-electron chi connectivity index (χ1n) is 9.97. The summed E-state index contributed by atoms with van der Waals surface area (Å²) in [5, 5.41) is 6.13. The second kappa shape index (κ2) is 9.09. The summed E-state index contributed by atoms with van der Waals surface area (Å²) in [5.41, 5.74) is 2.24. The van der Waals surface area contributed by atoms with E-state index in [1.807, 2.05) is 0 Å². The minimum atomic E-state index is -3.88. The van der Waals surface area contributed by atoms with Crippen LogP contribution in [-0.4, -0.2) is 25.2 Å². The fraction of sp³-hybridized carbons (Fsp3) is 0.0417. The van der Waals surface area contributed by atoms with Gasteiger partial charge in [-0.25, -0.2) is 8.42 Å². The van der Waals surface area contributed by atoms with Crippen LogP contribution in [0.15, 0.2) is 90.0 Å². The van der Waals surface area contributed by atoms with Gasteiger partial charge in [0.2, 0.25) is 5.91 Å². The van der Waals surface area contributed by atoms with Crippen LogP contribution in [-0.2, 0) is 14.8 Å². The Balaban J connectivity index is 1.46. The molecule has 0 saturated heterocycles. The first-order valence-corrected chi connectivity index (χ1v) is 11.5. The summed E-state index contributed by atoms with van der Waals surface area (Å²) in [5.74, 6) is -0.533. The highest BCUT2D eigenvalue weighted by Gasteiger charge is 2.18. The number of fused-ring (bicyclic) bond motifs is 1. The molecule has 0 aliphatic carbocycles. The van der Waals surface area contributed by atoms with Gasteiger partial charge in [0.15, 0.2) is 0 Å². The summed E-state index contributed by atoms with van der Waals surface area (Å²) in [4.78, 5) is 27.9. The molecule has 0 aliphatic heterocycles. The second-order valence-electron chi connectivity index (χ2n) is 7.23. The fourth-order valence-corrected chi connectivity index (χ4v) is 4.48. The predicted octanol–water partition coefficient (Wildman–Crippen LogP) is 4.25. The van der Waals surface area contributed by atoms with Crippen molar-refractivity contribution in [3.05, 3.63) is 90.6 Å². The Labute approximate surface area is 190 Å². The van der Waals surface area contributed by atoms with Gasteiger partial charge < -0.3 is 10.6 Å². The third-order valence-electron chi connectivity index (χ3n) is 4.75. The summed E-state index contributed by atoms with van der Waals surface area (Å²) in [7, 11) is -3.88. The molecule has 3 N–H and O–H groups in total. The van der Waals surface area contributed by atoms with Crippen molar-refractivity contribution < 1.29 is 18.0 Å². The molecular formula is C24H20N4O4S. The van der Waals surface area contributed by atoms with Crippen LogP contribution >= 0.6 is 0 Å². The van der Waals surface area contributed by atoms with Crippen LogP contribution in [0.1, 0.15) is 17.3 Å². The van der Waals surface area contributed by atoms with Gasteiger partial charge in [0.05, 0.1) is 5.52 Å². The minimum Gasteiger partial charge on any atom is -0.326 e. The first kappa shape index (κ1) is 22.0. The lowest BCUT2D eigenvalue weighted by Crippen LogP contribution is -2.15. The zero-order valence-corrected chi connectivity index (χ0v) is 18.4. The standard InChI is InChI=1S/C24H20N4O4S/c1-16(29)26-19-11-13-20(14-12-19)27-24(30)18-7-9-21(10-8-18)28-33(31,32)22-6-2-4-17-5-3-15-25-23(17)22/h2-15,28H,1H3,(H,26,29)(H,27,30). The largest absolute Gasteiger partial charge is 0.326 e. The smallest absolute Gasteiger partial charge is 0.264 e. The molecule has 166 valence electrons. The van der Waals surface area contributed by atoms with E-state index in [-0.39, 0.29) is 16.7 Å². The lowest BCUT2D eigenvalue weighted by molar-refractivity contribution is -0.114. The lowest BCUT2D eigenvalue weighted by atomic mass is 10.2. The molecule has 2 amide bonds. The monoisotopic (exact) mass is 460 g/mol. The molecule has 0 saturated carbocycles. The molecule has 1 heterocycles. The third-order valence-corrected chi connectivity index (χ3v) is 6.16. The molecule has 0 atom stereocenters. The molecule has 4 aromatic rings. The van der Waals surface area contributed by atoms with Crippen LogP contribution in [0.5, 0.6) is 0 Å². The van der Waals surface area contributed by atoms with E-state index >= 15 is 0 Å². The Morgan fingerprint density at radius 3 is 2.03 bits per heavy atom. The van der Waals surface area contributed by atoms with E-state index < -0.39 is 10.0 Å². The van der Waals surface area contributed by atoms with Crippen LogP contribution in [0.3, 0.4) is 0 Å². The summed E-state index contributed by atoms with van der Waals surface area (Å²) in [6.07, 6.45) is 1.54. The van der Waals surface area contributed by atoms with E-state index in [9.17, 15) is 18.0 Å². The zero-order valence-electron chi connectivity index (χ0n) is 17.6. The summed E-state index contributed by atoms with van der Waals surface area (Å²) in [6, 6.07) is 21.3. The molecule has 0 fully saturated rings. The number of anilines is 3. The number of sulfonamides is 1. The number of nitrogens with one attached hydrogen (secondary N) is 3. The van der Waals surface area contributed by atoms with Crippen molar-refractivity contribution in [1.29, 1.82) is 0 Å². The van der Waals surface area contributed by atoms with Crippen molar-refractivity contribution in [2.45, 2.75) is 11.8 Å². The molecule has 8 nitrogen and oxygen atoms in total. The molecule has 0 spiro atoms. The maximum Gasteiger partial charge on any atom is 0.264 e. The topological polar surface area (TPSA) is 117 Å². The Morgan fingerprint density at radius 2 is 1.36 bits per heavy atom. The normalized spacial score (nSPS) is 11.1. The highest BCUT2D eigenvalue weighted by molar-refractivity contribution is 7.93. The predicted molar refractivity (Wildman–Crippen MR) is 128 cm³/mol. The van der Waals surface area contributed by atoms with Gasteiger partial charge in [-0.05, 0) is 60.7 Å². The Kier molecular flexibility index (Phi) is 6.05. The van der Waals surface area contributed by atoms with Crippen molar-refractivity contribution in [3.63, 3.8) is 0 Å². The van der Waals surface area contributed by atoms with Gasteiger partial charge >= 0.3 is 0 Å². The number of hydrogen-bond acceptors (Lipinski definition) is 5. The maximum absolute atomic E-state index is 12.9. The van der Waals surface area contributed by atoms with E-state index in [0.29, 0.717) is 28.1 Å². The third kappa shape index (κ3) is 5.16. The number of benzene rings is 3. The van der Waals surface area contributed by atoms with Crippen LogP contribution in [0, 0.1) is 0 Å². The average Bonchev–Trinajstić information content (AvgIpc) is 2.80. The van der Waals surface area contributed by atoms with Crippen molar-refractivity contribution in [2.24, 2.45) is 0 Å². The number of nitrogens with zero attached hydrogens (tertiary/aromatic N) is 1. The number of hydrogen-bond donors (Lipinski definition) is 3. The summed E-state index contributed by atoms with van der Waals surface area (Å²) < 4.78 is 28.4. The molecule has 0 bridgehead atoms. The number of carbonyl (C=O) groups is 2. The summed E-state index contributed by atoms with van der Waals surface area (Å²) >= 11 is 0. The van der Waals surface area contributed by atoms with Crippen molar-refractivity contribution in [2.75, 3.05) is 15.4 Å². The van der Waals surface area contributed by atoms with Gasteiger partial charge in [-0.1, -0.05) is 18.2 Å². The molecule has 3 aromatic carbocycles. The van der Waals surface area contributed by atoms with Gasteiger partial charge in [-0.2, -0.15) is 0 Å². The molecule has 9 heteroatoms. The molecule has 0 unspecified atom stereocenters. The lowest BCUT2D eigenvalue weighted by Gasteiger charge is -2.11. The number of rotatable bonds is 6. The number of amides is 2. The number of pyridine rings is 1. The molecule has 4 rings (SSSR count). The van der Waals surface area contributed by atoms with Crippen LogP contribution in [0.25, 0.3) is 10.9 Å². The first-order chi connectivity index (χ1) is 15.8. The van der Waals surface area contributed by atoms with Crippen molar-refractivity contribution >= 4 is 49.8 Å². The minimum absolute atomic E-state index is 0.0742. The van der Waals surface area contributed by atoms with Crippen molar-refractivity contribution in [1.82, 2.24) is 4.98 Å². The summed E-state index contributed by atoms with van der Waals surface area (Å²) in [6.45, 7) is 1.42. The molecule has 0 radical (unpaired) electrons. The SMILES string of the molecule is CC(=O)Nc1ccc(NC(=O)c2ccc(NS(=O)(=O)c3cccc4cccnc34)cc2)cc1. The van der Waals surface area contributed by atoms with Gasteiger partial charge in [-0.3, -0.25) is 19.3 Å². The zero-order chi connectivity index (χ0) is 23.4. The van der Waals surface area contributed by atoms with Crippen molar-refractivity contribution in [3.8, 4) is 0 Å². The van der Waals surface area contributed by atoms with E-state index in [1.54, 1.807) is 54.7 Å². The van der Waals surface area contributed by atoms with E-state index in [4.69, 9.17) is 0 Å². The van der Waals surface area contributed by atoms with Crippen LogP contribution in [0.2, 0.25) is 0 Å².